The van der Waals surface area contributed by atoms with Gasteiger partial charge in [-0.3, -0.25) is 4.79 Å². The van der Waals surface area contributed by atoms with Crippen LogP contribution in [0.5, 0.6) is 5.75 Å². The predicted molar refractivity (Wildman–Crippen MR) is 47.5 cm³/mol. The van der Waals surface area contributed by atoms with Crippen molar-refractivity contribution in [3.05, 3.63) is 29.3 Å². The molecule has 0 amide bonds. The molecule has 0 atom stereocenters. The van der Waals surface area contributed by atoms with Gasteiger partial charge in [0.1, 0.15) is 12.4 Å². The summed E-state index contributed by atoms with van der Waals surface area (Å²) in [6.07, 6.45) is 0.756. The van der Waals surface area contributed by atoms with Gasteiger partial charge in [0.05, 0.1) is 0 Å². The van der Waals surface area contributed by atoms with Crippen LogP contribution in [-0.4, -0.2) is 12.9 Å². The maximum absolute atomic E-state index is 10.1. The highest BCUT2D eigenvalue weighted by Gasteiger charge is 2.01. The average Bonchev–Trinajstić information content (AvgIpc) is 2.04. The van der Waals surface area contributed by atoms with Crippen LogP contribution in [0.4, 0.5) is 0 Å². The highest BCUT2D eigenvalue weighted by atomic mass is 16.5. The van der Waals surface area contributed by atoms with Gasteiger partial charge in [-0.05, 0) is 25.0 Å². The van der Waals surface area contributed by atoms with E-state index in [2.05, 4.69) is 0 Å². The number of ether oxygens (including phenoxy) is 1. The van der Waals surface area contributed by atoms with Crippen molar-refractivity contribution in [3.63, 3.8) is 0 Å². The van der Waals surface area contributed by atoms with Crippen molar-refractivity contribution in [2.75, 3.05) is 6.61 Å². The molecule has 0 heterocycles. The molecular weight excluding hydrogens is 152 g/mol. The monoisotopic (exact) mass is 164 g/mol. The Kier molecular flexibility index (Phi) is 2.86. The third-order valence-electron chi connectivity index (χ3n) is 1.70. The van der Waals surface area contributed by atoms with Crippen LogP contribution >= 0.6 is 0 Å². The first-order valence-corrected chi connectivity index (χ1v) is 3.88. The van der Waals surface area contributed by atoms with Gasteiger partial charge in [0, 0.05) is 0 Å². The number of carbonyl (C=O) groups is 1. The van der Waals surface area contributed by atoms with Crippen molar-refractivity contribution in [2.24, 2.45) is 0 Å². The van der Waals surface area contributed by atoms with E-state index in [9.17, 15) is 4.79 Å². The number of para-hydroxylation sites is 1. The average molecular weight is 164 g/mol. The number of rotatable bonds is 3. The molecule has 0 unspecified atom stereocenters. The second-order valence-corrected chi connectivity index (χ2v) is 2.70. The fourth-order valence-corrected chi connectivity index (χ4v) is 1.14. The van der Waals surface area contributed by atoms with Gasteiger partial charge in [0.15, 0.2) is 6.29 Å². The Bertz CT molecular complexity index is 259. The van der Waals surface area contributed by atoms with Gasteiger partial charge >= 0.3 is 0 Å². The van der Waals surface area contributed by atoms with Gasteiger partial charge in [-0.1, -0.05) is 18.2 Å². The first kappa shape index (κ1) is 8.78. The van der Waals surface area contributed by atoms with Gasteiger partial charge in [-0.25, -0.2) is 0 Å². The molecule has 0 aliphatic carbocycles. The van der Waals surface area contributed by atoms with Crippen molar-refractivity contribution in [3.8, 4) is 5.75 Å². The molecule has 0 aliphatic rings. The maximum Gasteiger partial charge on any atom is 0.157 e. The fourth-order valence-electron chi connectivity index (χ4n) is 1.14. The van der Waals surface area contributed by atoms with Crippen LogP contribution < -0.4 is 4.74 Å². The minimum Gasteiger partial charge on any atom is -0.486 e. The molecule has 0 spiro atoms. The van der Waals surface area contributed by atoms with E-state index < -0.39 is 0 Å². The van der Waals surface area contributed by atoms with Gasteiger partial charge in [-0.2, -0.15) is 0 Å². The zero-order chi connectivity index (χ0) is 8.97. The highest BCUT2D eigenvalue weighted by molar-refractivity contribution is 5.52. The van der Waals surface area contributed by atoms with Crippen LogP contribution in [0.3, 0.4) is 0 Å². The van der Waals surface area contributed by atoms with Crippen LogP contribution in [0, 0.1) is 13.8 Å². The van der Waals surface area contributed by atoms with Crippen LogP contribution in [-0.2, 0) is 4.79 Å². The number of aldehydes is 1. The number of carbonyl (C=O) groups excluding carboxylic acids is 1. The zero-order valence-electron chi connectivity index (χ0n) is 7.33. The molecule has 0 aliphatic heterocycles. The summed E-state index contributed by atoms with van der Waals surface area (Å²) in [7, 11) is 0. The molecule has 0 aromatic heterocycles. The molecule has 0 fully saturated rings. The van der Waals surface area contributed by atoms with Crippen molar-refractivity contribution in [2.45, 2.75) is 13.8 Å². The molecule has 2 heteroatoms. The van der Waals surface area contributed by atoms with E-state index >= 15 is 0 Å². The summed E-state index contributed by atoms with van der Waals surface area (Å²) in [5.41, 5.74) is 2.13. The standard InChI is InChI=1S/C10H12O2/c1-8-4-3-5-9(2)10(8)12-7-6-11/h3-6H,7H2,1-2H3. The first-order valence-electron chi connectivity index (χ1n) is 3.88. The van der Waals surface area contributed by atoms with Crippen LogP contribution in [0.2, 0.25) is 0 Å². The highest BCUT2D eigenvalue weighted by Crippen LogP contribution is 2.21. The lowest BCUT2D eigenvalue weighted by Crippen LogP contribution is -2.00. The molecule has 64 valence electrons. The van der Waals surface area contributed by atoms with Crippen molar-refractivity contribution in [1.82, 2.24) is 0 Å². The first-order chi connectivity index (χ1) is 5.75. The normalized spacial score (nSPS) is 9.50. The summed E-state index contributed by atoms with van der Waals surface area (Å²) in [5, 5.41) is 0. The smallest absolute Gasteiger partial charge is 0.157 e. The van der Waals surface area contributed by atoms with Crippen molar-refractivity contribution in [1.29, 1.82) is 0 Å². The van der Waals surface area contributed by atoms with E-state index in [4.69, 9.17) is 4.74 Å². The van der Waals surface area contributed by atoms with E-state index in [1.165, 1.54) is 0 Å². The van der Waals surface area contributed by atoms with E-state index in [0.29, 0.717) is 0 Å². The number of aryl methyl sites for hydroxylation is 2. The van der Waals surface area contributed by atoms with E-state index in [1.54, 1.807) is 0 Å². The largest absolute Gasteiger partial charge is 0.486 e. The molecule has 0 saturated carbocycles. The molecule has 12 heavy (non-hydrogen) atoms. The lowest BCUT2D eigenvalue weighted by Gasteiger charge is -2.08. The summed E-state index contributed by atoms with van der Waals surface area (Å²) in [4.78, 5) is 10.1. The second-order valence-electron chi connectivity index (χ2n) is 2.70. The van der Waals surface area contributed by atoms with Crippen LogP contribution in [0.1, 0.15) is 11.1 Å². The summed E-state index contributed by atoms with van der Waals surface area (Å²) in [6, 6.07) is 5.90. The van der Waals surface area contributed by atoms with Gasteiger partial charge in [0.2, 0.25) is 0 Å². The van der Waals surface area contributed by atoms with Crippen molar-refractivity contribution >= 4 is 6.29 Å². The molecule has 0 radical (unpaired) electrons. The van der Waals surface area contributed by atoms with Gasteiger partial charge in [0.25, 0.3) is 0 Å². The number of benzene rings is 1. The maximum atomic E-state index is 10.1. The van der Waals surface area contributed by atoms with E-state index in [-0.39, 0.29) is 6.61 Å². The van der Waals surface area contributed by atoms with Crippen molar-refractivity contribution < 1.29 is 9.53 Å². The third-order valence-corrected chi connectivity index (χ3v) is 1.70. The molecule has 1 rings (SSSR count). The third kappa shape index (κ3) is 1.84. The molecule has 2 nitrogen and oxygen atoms in total. The molecular formula is C10H12O2. The molecule has 0 bridgehead atoms. The number of hydrogen-bond donors (Lipinski definition) is 0. The fraction of sp³-hybridized carbons (Fsp3) is 0.300. The summed E-state index contributed by atoms with van der Waals surface area (Å²) < 4.78 is 5.25. The Hall–Kier alpha value is -1.31. The predicted octanol–water partition coefficient (Wildman–Crippen LogP) is 1.88. The second kappa shape index (κ2) is 3.90. The Morgan fingerprint density at radius 3 is 2.42 bits per heavy atom. The Balaban J connectivity index is 2.88. The summed E-state index contributed by atoms with van der Waals surface area (Å²) in [6.45, 7) is 4.06. The SMILES string of the molecule is Cc1cccc(C)c1OCC=O. The lowest BCUT2D eigenvalue weighted by atomic mass is 10.1. The number of hydrogen-bond acceptors (Lipinski definition) is 2. The molecule has 0 N–H and O–H groups in total. The van der Waals surface area contributed by atoms with E-state index in [1.807, 2.05) is 32.0 Å². The van der Waals surface area contributed by atoms with Crippen LogP contribution in [0.25, 0.3) is 0 Å². The quantitative estimate of drug-likeness (QED) is 0.637. The van der Waals surface area contributed by atoms with Gasteiger partial charge in [-0.15, -0.1) is 0 Å². The summed E-state index contributed by atoms with van der Waals surface area (Å²) >= 11 is 0. The minimum absolute atomic E-state index is 0.131. The summed E-state index contributed by atoms with van der Waals surface area (Å²) in [5.74, 6) is 0.824. The van der Waals surface area contributed by atoms with E-state index in [0.717, 1.165) is 23.2 Å². The molecule has 1 aromatic rings. The lowest BCUT2D eigenvalue weighted by molar-refractivity contribution is -0.109. The minimum atomic E-state index is 0.131. The Morgan fingerprint density at radius 2 is 1.92 bits per heavy atom. The van der Waals surface area contributed by atoms with Crippen LogP contribution in [0.15, 0.2) is 18.2 Å². The Morgan fingerprint density at radius 1 is 1.33 bits per heavy atom. The Labute approximate surface area is 72.2 Å². The molecule has 0 saturated heterocycles. The van der Waals surface area contributed by atoms with Gasteiger partial charge < -0.3 is 4.74 Å². The zero-order valence-corrected chi connectivity index (χ0v) is 7.33. The topological polar surface area (TPSA) is 26.3 Å². The molecule has 1 aromatic carbocycles.